The van der Waals surface area contributed by atoms with Gasteiger partial charge in [0, 0.05) is 12.4 Å². The van der Waals surface area contributed by atoms with Crippen molar-refractivity contribution in [3.05, 3.63) is 41.7 Å². The molecule has 0 aliphatic rings. The van der Waals surface area contributed by atoms with E-state index in [-0.39, 0.29) is 0 Å². The van der Waals surface area contributed by atoms with Gasteiger partial charge in [0.05, 0.1) is 19.1 Å². The molecule has 0 unspecified atom stereocenters. The van der Waals surface area contributed by atoms with Gasteiger partial charge in [0.25, 0.3) is 0 Å². The summed E-state index contributed by atoms with van der Waals surface area (Å²) in [7, 11) is 0. The van der Waals surface area contributed by atoms with Crippen LogP contribution in [-0.2, 0) is 6.54 Å². The summed E-state index contributed by atoms with van der Waals surface area (Å²) in [5, 5.41) is 0. The molecule has 0 saturated heterocycles. The Morgan fingerprint density at radius 2 is 2.33 bits per heavy atom. The SMILES string of the molecule is Brc1ccc(OCCn2ccnc2)cn1. The fourth-order valence-electron chi connectivity index (χ4n) is 1.14. The number of hydrogen-bond donors (Lipinski definition) is 0. The van der Waals surface area contributed by atoms with Crippen LogP contribution in [0.5, 0.6) is 5.75 Å². The average molecular weight is 268 g/mol. The lowest BCUT2D eigenvalue weighted by Crippen LogP contribution is -2.06. The van der Waals surface area contributed by atoms with Gasteiger partial charge in [0.15, 0.2) is 0 Å². The lowest BCUT2D eigenvalue weighted by Gasteiger charge is -2.05. The van der Waals surface area contributed by atoms with Crippen molar-refractivity contribution in [1.29, 1.82) is 0 Å². The summed E-state index contributed by atoms with van der Waals surface area (Å²) < 4.78 is 8.28. The maximum atomic E-state index is 5.50. The molecule has 0 saturated carbocycles. The highest BCUT2D eigenvalue weighted by Gasteiger charge is 1.95. The molecule has 2 aromatic rings. The fraction of sp³-hybridized carbons (Fsp3) is 0.200. The minimum absolute atomic E-state index is 0.611. The first-order chi connectivity index (χ1) is 7.34. The average Bonchev–Trinajstić information content (AvgIpc) is 2.74. The molecule has 78 valence electrons. The first-order valence-corrected chi connectivity index (χ1v) is 5.34. The highest BCUT2D eigenvalue weighted by molar-refractivity contribution is 9.10. The van der Waals surface area contributed by atoms with Crippen LogP contribution in [0.2, 0.25) is 0 Å². The summed E-state index contributed by atoms with van der Waals surface area (Å²) in [5.74, 6) is 0.776. The van der Waals surface area contributed by atoms with Crippen LogP contribution in [0.25, 0.3) is 0 Å². The van der Waals surface area contributed by atoms with Gasteiger partial charge in [0.1, 0.15) is 17.0 Å². The molecule has 15 heavy (non-hydrogen) atoms. The Bertz CT molecular complexity index is 399. The predicted octanol–water partition coefficient (Wildman–Crippen LogP) is 2.12. The van der Waals surface area contributed by atoms with Crippen LogP contribution < -0.4 is 4.74 Å². The van der Waals surface area contributed by atoms with Crippen molar-refractivity contribution in [2.24, 2.45) is 0 Å². The Morgan fingerprint density at radius 1 is 1.40 bits per heavy atom. The maximum absolute atomic E-state index is 5.50. The first kappa shape index (κ1) is 10.2. The molecule has 5 heteroatoms. The van der Waals surface area contributed by atoms with Crippen LogP contribution >= 0.6 is 15.9 Å². The van der Waals surface area contributed by atoms with Crippen molar-refractivity contribution in [1.82, 2.24) is 14.5 Å². The number of imidazole rings is 1. The summed E-state index contributed by atoms with van der Waals surface area (Å²) in [6, 6.07) is 3.73. The quantitative estimate of drug-likeness (QED) is 0.797. The van der Waals surface area contributed by atoms with Crippen LogP contribution in [0.3, 0.4) is 0 Å². The Hall–Kier alpha value is -1.36. The third-order valence-corrected chi connectivity index (χ3v) is 2.35. The molecular formula is C10H10BrN3O. The smallest absolute Gasteiger partial charge is 0.137 e. The van der Waals surface area contributed by atoms with Crippen molar-refractivity contribution in [3.63, 3.8) is 0 Å². The van der Waals surface area contributed by atoms with Gasteiger partial charge in [-0.3, -0.25) is 0 Å². The van der Waals surface area contributed by atoms with Gasteiger partial charge in [-0.05, 0) is 28.1 Å². The second kappa shape index (κ2) is 4.93. The largest absolute Gasteiger partial charge is 0.490 e. The van der Waals surface area contributed by atoms with Gasteiger partial charge < -0.3 is 9.30 Å². The van der Waals surface area contributed by atoms with E-state index < -0.39 is 0 Å². The number of rotatable bonds is 4. The van der Waals surface area contributed by atoms with Crippen molar-refractivity contribution in [3.8, 4) is 5.75 Å². The molecule has 0 spiro atoms. The lowest BCUT2D eigenvalue weighted by atomic mass is 10.5. The number of aromatic nitrogens is 3. The molecule has 4 nitrogen and oxygen atoms in total. The van der Waals surface area contributed by atoms with Gasteiger partial charge in [0.2, 0.25) is 0 Å². The molecule has 0 bridgehead atoms. The summed E-state index contributed by atoms with van der Waals surface area (Å²) in [5.41, 5.74) is 0. The summed E-state index contributed by atoms with van der Waals surface area (Å²) in [6.07, 6.45) is 7.12. The van der Waals surface area contributed by atoms with Crippen molar-refractivity contribution in [2.75, 3.05) is 6.61 Å². The molecule has 0 aromatic carbocycles. The fourth-order valence-corrected chi connectivity index (χ4v) is 1.37. The molecule has 0 radical (unpaired) electrons. The van der Waals surface area contributed by atoms with Gasteiger partial charge in [-0.1, -0.05) is 0 Å². The highest BCUT2D eigenvalue weighted by atomic mass is 79.9. The van der Waals surface area contributed by atoms with Crippen molar-refractivity contribution < 1.29 is 4.74 Å². The van der Waals surface area contributed by atoms with E-state index in [1.807, 2.05) is 22.9 Å². The van der Waals surface area contributed by atoms with E-state index in [0.717, 1.165) is 16.9 Å². The zero-order valence-electron chi connectivity index (χ0n) is 8.01. The second-order valence-corrected chi connectivity index (χ2v) is 3.78. The molecule has 0 N–H and O–H groups in total. The third-order valence-electron chi connectivity index (χ3n) is 1.88. The van der Waals surface area contributed by atoms with Crippen LogP contribution in [0, 0.1) is 0 Å². The minimum atomic E-state index is 0.611. The molecular weight excluding hydrogens is 258 g/mol. The molecule has 2 aromatic heterocycles. The molecule has 0 aliphatic heterocycles. The lowest BCUT2D eigenvalue weighted by molar-refractivity contribution is 0.297. The summed E-state index contributed by atoms with van der Waals surface area (Å²) in [6.45, 7) is 1.40. The molecule has 0 atom stereocenters. The number of halogens is 1. The van der Waals surface area contributed by atoms with Crippen LogP contribution in [0.15, 0.2) is 41.7 Å². The molecule has 0 amide bonds. The maximum Gasteiger partial charge on any atom is 0.137 e. The van der Waals surface area contributed by atoms with E-state index in [9.17, 15) is 0 Å². The zero-order valence-corrected chi connectivity index (χ0v) is 9.59. The standard InChI is InChI=1S/C10H10BrN3O/c11-10-2-1-9(7-13-10)15-6-5-14-4-3-12-8-14/h1-4,7-8H,5-6H2. The monoisotopic (exact) mass is 267 g/mol. The molecule has 2 rings (SSSR count). The Morgan fingerprint density at radius 3 is 3.00 bits per heavy atom. The highest BCUT2D eigenvalue weighted by Crippen LogP contribution is 2.12. The van der Waals surface area contributed by atoms with E-state index in [1.165, 1.54) is 0 Å². The second-order valence-electron chi connectivity index (χ2n) is 2.97. The summed E-state index contributed by atoms with van der Waals surface area (Å²) >= 11 is 3.27. The topological polar surface area (TPSA) is 39.9 Å². The van der Waals surface area contributed by atoms with E-state index in [1.54, 1.807) is 18.7 Å². The molecule has 0 fully saturated rings. The Kier molecular flexibility index (Phi) is 3.34. The Labute approximate surface area is 96.1 Å². The normalized spacial score (nSPS) is 10.2. The van der Waals surface area contributed by atoms with Gasteiger partial charge in [-0.15, -0.1) is 0 Å². The van der Waals surface area contributed by atoms with E-state index in [2.05, 4.69) is 25.9 Å². The van der Waals surface area contributed by atoms with Crippen molar-refractivity contribution >= 4 is 15.9 Å². The minimum Gasteiger partial charge on any atom is -0.490 e. The predicted molar refractivity (Wildman–Crippen MR) is 59.7 cm³/mol. The zero-order chi connectivity index (χ0) is 10.5. The summed E-state index contributed by atoms with van der Waals surface area (Å²) in [4.78, 5) is 8.02. The van der Waals surface area contributed by atoms with Crippen LogP contribution in [0.4, 0.5) is 0 Å². The first-order valence-electron chi connectivity index (χ1n) is 4.55. The number of nitrogens with zero attached hydrogens (tertiary/aromatic N) is 3. The third kappa shape index (κ3) is 3.06. The van der Waals surface area contributed by atoms with E-state index in [4.69, 9.17) is 4.74 Å². The Balaban J connectivity index is 1.81. The van der Waals surface area contributed by atoms with Crippen LogP contribution in [-0.4, -0.2) is 21.1 Å². The van der Waals surface area contributed by atoms with Gasteiger partial charge in [-0.25, -0.2) is 9.97 Å². The molecule has 0 aliphatic carbocycles. The van der Waals surface area contributed by atoms with Crippen molar-refractivity contribution in [2.45, 2.75) is 6.54 Å². The van der Waals surface area contributed by atoms with Gasteiger partial charge >= 0.3 is 0 Å². The number of pyridine rings is 1. The number of ether oxygens (including phenoxy) is 1. The molecule has 2 heterocycles. The van der Waals surface area contributed by atoms with Gasteiger partial charge in [-0.2, -0.15) is 0 Å². The number of hydrogen-bond acceptors (Lipinski definition) is 3. The van der Waals surface area contributed by atoms with E-state index >= 15 is 0 Å². The van der Waals surface area contributed by atoms with Crippen LogP contribution in [0.1, 0.15) is 0 Å². The van der Waals surface area contributed by atoms with E-state index in [0.29, 0.717) is 6.61 Å².